The first kappa shape index (κ1) is 23.0. The highest BCUT2D eigenvalue weighted by Gasteiger charge is 2.29. The van der Waals surface area contributed by atoms with E-state index in [1.54, 1.807) is 19.1 Å². The number of esters is 1. The number of hydrogen-bond donors (Lipinski definition) is 1. The van der Waals surface area contributed by atoms with Crippen LogP contribution in [-0.4, -0.2) is 45.5 Å². The Hall–Kier alpha value is -2.72. The first-order valence-electron chi connectivity index (χ1n) is 9.82. The van der Waals surface area contributed by atoms with Crippen LogP contribution >= 0.6 is 11.3 Å². The van der Waals surface area contributed by atoms with Crippen LogP contribution in [0.25, 0.3) is 0 Å². The zero-order chi connectivity index (χ0) is 22.8. The monoisotopic (exact) mass is 464 g/mol. The number of Topliss-reactive ketones (excluding diaryl/α,β-unsaturated/α-hetero) is 1. The van der Waals surface area contributed by atoms with E-state index in [1.807, 2.05) is 0 Å². The van der Waals surface area contributed by atoms with Crippen molar-refractivity contribution in [2.75, 3.05) is 29.0 Å². The quantitative estimate of drug-likeness (QED) is 0.475. The van der Waals surface area contributed by atoms with Gasteiger partial charge in [0.1, 0.15) is 11.5 Å². The predicted octanol–water partition coefficient (Wildman–Crippen LogP) is 3.02. The third kappa shape index (κ3) is 5.13. The van der Waals surface area contributed by atoms with Gasteiger partial charge in [0, 0.05) is 10.4 Å². The average Bonchev–Trinajstić information content (AvgIpc) is 3.26. The molecule has 166 valence electrons. The van der Waals surface area contributed by atoms with Gasteiger partial charge in [-0.1, -0.05) is 12.1 Å². The predicted molar refractivity (Wildman–Crippen MR) is 120 cm³/mol. The van der Waals surface area contributed by atoms with Crippen LogP contribution in [0.15, 0.2) is 24.3 Å². The number of aryl methyl sites for hydroxylation is 1. The summed E-state index contributed by atoms with van der Waals surface area (Å²) in [5.41, 5.74) is 1.81. The third-order valence-electron chi connectivity index (χ3n) is 4.88. The number of ketones is 1. The second-order valence-corrected chi connectivity index (χ2v) is 10.2. The first-order valence-corrected chi connectivity index (χ1v) is 12.5. The highest BCUT2D eigenvalue weighted by Crippen LogP contribution is 2.39. The molecule has 1 aliphatic rings. The van der Waals surface area contributed by atoms with Crippen molar-refractivity contribution in [1.82, 2.24) is 0 Å². The van der Waals surface area contributed by atoms with Gasteiger partial charge in [0.05, 0.1) is 24.1 Å². The van der Waals surface area contributed by atoms with Crippen LogP contribution in [-0.2, 0) is 32.4 Å². The van der Waals surface area contributed by atoms with Crippen LogP contribution in [0.3, 0.4) is 0 Å². The molecular weight excluding hydrogens is 440 g/mol. The van der Waals surface area contributed by atoms with Crippen LogP contribution in [0.5, 0.6) is 0 Å². The van der Waals surface area contributed by atoms with E-state index in [0.29, 0.717) is 16.1 Å². The van der Waals surface area contributed by atoms with Gasteiger partial charge in [0.2, 0.25) is 15.9 Å². The molecule has 0 aliphatic heterocycles. The number of amides is 1. The van der Waals surface area contributed by atoms with E-state index in [1.165, 1.54) is 30.4 Å². The molecule has 3 rings (SSSR count). The van der Waals surface area contributed by atoms with Gasteiger partial charge < -0.3 is 10.1 Å². The fraction of sp³-hybridized carbons (Fsp3) is 0.381. The molecule has 1 heterocycles. The summed E-state index contributed by atoms with van der Waals surface area (Å²) in [5.74, 6) is -1.30. The molecule has 1 amide bonds. The number of benzene rings is 1. The Bertz CT molecular complexity index is 1140. The molecule has 0 unspecified atom stereocenters. The van der Waals surface area contributed by atoms with Gasteiger partial charge in [-0.2, -0.15) is 0 Å². The number of nitrogens with zero attached hydrogens (tertiary/aromatic N) is 1. The molecule has 0 bridgehead atoms. The number of fused-ring (bicyclic) bond motifs is 1. The molecule has 1 aliphatic carbocycles. The Labute approximate surface area is 185 Å². The van der Waals surface area contributed by atoms with Crippen molar-refractivity contribution in [2.24, 2.45) is 0 Å². The highest BCUT2D eigenvalue weighted by atomic mass is 32.2. The third-order valence-corrected chi connectivity index (χ3v) is 7.23. The van der Waals surface area contributed by atoms with Crippen molar-refractivity contribution in [1.29, 1.82) is 0 Å². The van der Waals surface area contributed by atoms with Crippen LogP contribution < -0.4 is 9.62 Å². The molecule has 1 aromatic carbocycles. The van der Waals surface area contributed by atoms with E-state index < -0.39 is 28.4 Å². The molecule has 31 heavy (non-hydrogen) atoms. The minimum atomic E-state index is -3.81. The smallest absolute Gasteiger partial charge is 0.341 e. The maximum Gasteiger partial charge on any atom is 0.341 e. The Balaban J connectivity index is 1.87. The summed E-state index contributed by atoms with van der Waals surface area (Å²) in [6.45, 7) is 2.81. The lowest BCUT2D eigenvalue weighted by atomic mass is 10.1. The number of anilines is 2. The number of hydrogen-bond acceptors (Lipinski definition) is 7. The summed E-state index contributed by atoms with van der Waals surface area (Å²) < 4.78 is 30.8. The number of rotatable bonds is 8. The molecule has 0 spiro atoms. The molecular formula is C21H24N2O6S2. The van der Waals surface area contributed by atoms with Crippen molar-refractivity contribution < 1.29 is 27.5 Å². The SMILES string of the molecule is CCOC(=O)c1c(NC(=O)CN(c2cccc(C(C)=O)c2)S(C)(=O)=O)sc2c1CCC2. The maximum atomic E-state index is 12.8. The lowest BCUT2D eigenvalue weighted by molar-refractivity contribution is -0.114. The lowest BCUT2D eigenvalue weighted by Gasteiger charge is -2.22. The Morgan fingerprint density at radius 1 is 1.23 bits per heavy atom. The summed E-state index contributed by atoms with van der Waals surface area (Å²) >= 11 is 1.32. The van der Waals surface area contributed by atoms with Gasteiger partial charge in [-0.3, -0.25) is 13.9 Å². The van der Waals surface area contributed by atoms with Gasteiger partial charge in [-0.15, -0.1) is 11.3 Å². The Kier molecular flexibility index (Phi) is 6.80. The molecule has 0 saturated carbocycles. The standard InChI is InChI=1S/C21H24N2O6S2/c1-4-29-21(26)19-16-9-6-10-17(16)30-20(19)22-18(25)12-23(31(3,27)28)15-8-5-7-14(11-15)13(2)24/h5,7-8,11H,4,6,9-10,12H2,1-3H3,(H,22,25). The zero-order valence-corrected chi connectivity index (χ0v) is 19.2. The topological polar surface area (TPSA) is 110 Å². The number of nitrogens with one attached hydrogen (secondary N) is 1. The van der Waals surface area contributed by atoms with E-state index >= 15 is 0 Å². The van der Waals surface area contributed by atoms with Crippen LogP contribution in [0.4, 0.5) is 10.7 Å². The number of thiophene rings is 1. The van der Waals surface area contributed by atoms with Crippen molar-refractivity contribution in [3.63, 3.8) is 0 Å². The summed E-state index contributed by atoms with van der Waals surface area (Å²) in [4.78, 5) is 38.0. The molecule has 0 saturated heterocycles. The molecule has 8 nitrogen and oxygen atoms in total. The second kappa shape index (κ2) is 9.19. The molecule has 0 radical (unpaired) electrons. The van der Waals surface area contributed by atoms with E-state index in [9.17, 15) is 22.8 Å². The van der Waals surface area contributed by atoms with Crippen molar-refractivity contribution in [2.45, 2.75) is 33.1 Å². The van der Waals surface area contributed by atoms with Gasteiger partial charge in [-0.05, 0) is 50.8 Å². The molecule has 1 aromatic heterocycles. The molecule has 10 heteroatoms. The average molecular weight is 465 g/mol. The normalized spacial score (nSPS) is 12.9. The van der Waals surface area contributed by atoms with Crippen LogP contribution in [0.2, 0.25) is 0 Å². The van der Waals surface area contributed by atoms with E-state index in [4.69, 9.17) is 4.74 Å². The summed E-state index contributed by atoms with van der Waals surface area (Å²) in [6, 6.07) is 6.08. The lowest BCUT2D eigenvalue weighted by Crippen LogP contribution is -2.37. The second-order valence-electron chi connectivity index (χ2n) is 7.21. The van der Waals surface area contributed by atoms with Crippen LogP contribution in [0.1, 0.15) is 51.4 Å². The number of sulfonamides is 1. The molecule has 2 aromatic rings. The zero-order valence-electron chi connectivity index (χ0n) is 17.6. The summed E-state index contributed by atoms with van der Waals surface area (Å²) in [5, 5.41) is 3.07. The molecule has 0 fully saturated rings. The van der Waals surface area contributed by atoms with Crippen molar-refractivity contribution in [3.8, 4) is 0 Å². The van der Waals surface area contributed by atoms with Gasteiger partial charge in [0.25, 0.3) is 0 Å². The van der Waals surface area contributed by atoms with E-state index in [2.05, 4.69) is 5.32 Å². The first-order chi connectivity index (χ1) is 14.6. The number of carbonyl (C=O) groups excluding carboxylic acids is 3. The fourth-order valence-electron chi connectivity index (χ4n) is 3.49. The highest BCUT2D eigenvalue weighted by molar-refractivity contribution is 7.92. The maximum absolute atomic E-state index is 12.8. The summed E-state index contributed by atoms with van der Waals surface area (Å²) in [7, 11) is -3.81. The van der Waals surface area contributed by atoms with E-state index in [-0.39, 0.29) is 18.1 Å². The minimum absolute atomic E-state index is 0.213. The van der Waals surface area contributed by atoms with Gasteiger partial charge in [-0.25, -0.2) is 13.2 Å². The molecule has 1 N–H and O–H groups in total. The minimum Gasteiger partial charge on any atom is -0.462 e. The number of carbonyl (C=O) groups is 3. The number of ether oxygens (including phenoxy) is 1. The Morgan fingerprint density at radius 3 is 2.61 bits per heavy atom. The van der Waals surface area contributed by atoms with Crippen LogP contribution in [0, 0.1) is 0 Å². The van der Waals surface area contributed by atoms with Gasteiger partial charge in [0.15, 0.2) is 5.78 Å². The van der Waals surface area contributed by atoms with Crippen molar-refractivity contribution in [3.05, 3.63) is 45.8 Å². The Morgan fingerprint density at radius 2 is 1.97 bits per heavy atom. The van der Waals surface area contributed by atoms with Gasteiger partial charge >= 0.3 is 5.97 Å². The van der Waals surface area contributed by atoms with Crippen molar-refractivity contribution >= 4 is 49.7 Å². The van der Waals surface area contributed by atoms with E-state index in [0.717, 1.165) is 40.3 Å². The largest absolute Gasteiger partial charge is 0.462 e. The molecule has 0 atom stereocenters. The fourth-order valence-corrected chi connectivity index (χ4v) is 5.63. The summed E-state index contributed by atoms with van der Waals surface area (Å²) in [6.07, 6.45) is 3.50.